The molecule has 1 aliphatic heterocycles. The van der Waals surface area contributed by atoms with Gasteiger partial charge < -0.3 is 14.7 Å². The molecule has 1 aromatic rings. The van der Waals surface area contributed by atoms with Crippen molar-refractivity contribution in [2.24, 2.45) is 0 Å². The Morgan fingerprint density at radius 1 is 1.43 bits per heavy atom. The largest absolute Gasteiger partial charge is 0.480 e. The van der Waals surface area contributed by atoms with E-state index >= 15 is 0 Å². The first-order valence-electron chi connectivity index (χ1n) is 6.81. The van der Waals surface area contributed by atoms with Gasteiger partial charge in [0, 0.05) is 12.0 Å². The summed E-state index contributed by atoms with van der Waals surface area (Å²) >= 11 is 1.35. The van der Waals surface area contributed by atoms with Gasteiger partial charge in [0.15, 0.2) is 6.04 Å². The fraction of sp³-hybridized carbons (Fsp3) is 0.643. The van der Waals surface area contributed by atoms with Gasteiger partial charge in [-0.1, -0.05) is 20.8 Å². The van der Waals surface area contributed by atoms with Crippen molar-refractivity contribution in [3.63, 3.8) is 0 Å². The zero-order valence-corrected chi connectivity index (χ0v) is 13.5. The van der Waals surface area contributed by atoms with Crippen LogP contribution in [0.2, 0.25) is 0 Å². The zero-order valence-electron chi connectivity index (χ0n) is 12.7. The van der Waals surface area contributed by atoms with E-state index in [1.54, 1.807) is 6.92 Å². The summed E-state index contributed by atoms with van der Waals surface area (Å²) in [7, 11) is 0. The lowest BCUT2D eigenvalue weighted by Gasteiger charge is -2.32. The second-order valence-electron chi connectivity index (χ2n) is 6.11. The van der Waals surface area contributed by atoms with Crippen LogP contribution in [-0.4, -0.2) is 52.7 Å². The Hall–Kier alpha value is -1.47. The standard InChI is InChI=1S/C14H20N2O4S/c1-8-10(21-13(15-8)14(2,3)4)11(17)16-5-6-20-7-9(16)12(18)19/h9H,5-7H2,1-4H3,(H,18,19). The molecule has 21 heavy (non-hydrogen) atoms. The highest BCUT2D eigenvalue weighted by molar-refractivity contribution is 7.14. The normalized spacial score (nSPS) is 19.6. The summed E-state index contributed by atoms with van der Waals surface area (Å²) in [6, 6.07) is -0.925. The average Bonchev–Trinajstić information content (AvgIpc) is 2.80. The number of aliphatic carboxylic acids is 1. The summed E-state index contributed by atoms with van der Waals surface area (Å²) in [6.07, 6.45) is 0. The zero-order chi connectivity index (χ0) is 15.8. The van der Waals surface area contributed by atoms with Crippen LogP contribution in [0, 0.1) is 6.92 Å². The molecule has 0 radical (unpaired) electrons. The van der Waals surface area contributed by atoms with Crippen molar-refractivity contribution in [3.05, 3.63) is 15.6 Å². The predicted octanol–water partition coefficient (Wildman–Crippen LogP) is 1.67. The van der Waals surface area contributed by atoms with E-state index in [0.29, 0.717) is 17.2 Å². The fourth-order valence-corrected chi connectivity index (χ4v) is 3.18. The molecule has 0 spiro atoms. The van der Waals surface area contributed by atoms with Crippen molar-refractivity contribution in [2.75, 3.05) is 19.8 Å². The van der Waals surface area contributed by atoms with E-state index in [-0.39, 0.29) is 24.5 Å². The molecule has 0 saturated carbocycles. The molecule has 0 bridgehead atoms. The Bertz CT molecular complexity index is 562. The van der Waals surface area contributed by atoms with Gasteiger partial charge in [-0.2, -0.15) is 0 Å². The molecule has 1 atom stereocenters. The fourth-order valence-electron chi connectivity index (χ4n) is 2.10. The Kier molecular flexibility index (Phi) is 4.34. The first-order valence-corrected chi connectivity index (χ1v) is 7.63. The summed E-state index contributed by atoms with van der Waals surface area (Å²) in [5.41, 5.74) is 0.524. The SMILES string of the molecule is Cc1nc(C(C)(C)C)sc1C(=O)N1CCOCC1C(=O)O. The summed E-state index contributed by atoms with van der Waals surface area (Å²) in [5, 5.41) is 10.1. The van der Waals surface area contributed by atoms with Gasteiger partial charge in [-0.3, -0.25) is 4.79 Å². The van der Waals surface area contributed by atoms with Crippen LogP contribution < -0.4 is 0 Å². The lowest BCUT2D eigenvalue weighted by atomic mass is 9.98. The summed E-state index contributed by atoms with van der Waals surface area (Å²) in [5.74, 6) is -1.31. The van der Waals surface area contributed by atoms with E-state index in [2.05, 4.69) is 4.98 Å². The lowest BCUT2D eigenvalue weighted by molar-refractivity contribution is -0.147. The summed E-state index contributed by atoms with van der Waals surface area (Å²) in [6.45, 7) is 8.58. The van der Waals surface area contributed by atoms with Gasteiger partial charge in [-0.05, 0) is 6.92 Å². The number of hydrogen-bond donors (Lipinski definition) is 1. The summed E-state index contributed by atoms with van der Waals surface area (Å²) in [4.78, 5) is 30.3. The maximum atomic E-state index is 12.7. The lowest BCUT2D eigenvalue weighted by Crippen LogP contribution is -2.52. The van der Waals surface area contributed by atoms with Crippen molar-refractivity contribution in [1.29, 1.82) is 0 Å². The molecular formula is C14H20N2O4S. The van der Waals surface area contributed by atoms with E-state index in [1.165, 1.54) is 16.2 Å². The number of hydrogen-bond acceptors (Lipinski definition) is 5. The topological polar surface area (TPSA) is 79.7 Å². The van der Waals surface area contributed by atoms with E-state index < -0.39 is 12.0 Å². The molecule has 1 fully saturated rings. The smallest absolute Gasteiger partial charge is 0.328 e. The van der Waals surface area contributed by atoms with E-state index in [1.807, 2.05) is 20.8 Å². The highest BCUT2D eigenvalue weighted by Crippen LogP contribution is 2.30. The molecule has 1 saturated heterocycles. The molecule has 7 heteroatoms. The second kappa shape index (κ2) is 5.73. The number of aryl methyl sites for hydroxylation is 1. The Balaban J connectivity index is 2.31. The number of carboxylic acid groups (broad SMARTS) is 1. The number of carboxylic acids is 1. The van der Waals surface area contributed by atoms with Gasteiger partial charge in [0.2, 0.25) is 0 Å². The van der Waals surface area contributed by atoms with Gasteiger partial charge in [0.05, 0.1) is 23.9 Å². The number of morpholine rings is 1. The molecule has 0 aromatic carbocycles. The number of rotatable bonds is 2. The number of amides is 1. The monoisotopic (exact) mass is 312 g/mol. The maximum absolute atomic E-state index is 12.7. The van der Waals surface area contributed by atoms with E-state index in [9.17, 15) is 14.7 Å². The molecule has 6 nitrogen and oxygen atoms in total. The van der Waals surface area contributed by atoms with Crippen LogP contribution in [0.4, 0.5) is 0 Å². The molecule has 1 aliphatic rings. The first kappa shape index (κ1) is 15.9. The maximum Gasteiger partial charge on any atom is 0.328 e. The number of carbonyl (C=O) groups excluding carboxylic acids is 1. The number of carbonyl (C=O) groups is 2. The molecule has 2 heterocycles. The quantitative estimate of drug-likeness (QED) is 0.898. The number of nitrogens with zero attached hydrogens (tertiary/aromatic N) is 2. The molecule has 1 N–H and O–H groups in total. The van der Waals surface area contributed by atoms with E-state index in [4.69, 9.17) is 4.74 Å². The van der Waals surface area contributed by atoms with Gasteiger partial charge in [-0.15, -0.1) is 11.3 Å². The van der Waals surface area contributed by atoms with Crippen LogP contribution in [0.15, 0.2) is 0 Å². The molecule has 1 amide bonds. The summed E-state index contributed by atoms with van der Waals surface area (Å²) < 4.78 is 5.16. The average molecular weight is 312 g/mol. The van der Waals surface area contributed by atoms with Crippen LogP contribution in [-0.2, 0) is 14.9 Å². The van der Waals surface area contributed by atoms with Crippen LogP contribution in [0.25, 0.3) is 0 Å². The molecular weight excluding hydrogens is 292 g/mol. The molecule has 0 aliphatic carbocycles. The van der Waals surface area contributed by atoms with Gasteiger partial charge in [0.1, 0.15) is 4.88 Å². The van der Waals surface area contributed by atoms with Crippen molar-refractivity contribution < 1.29 is 19.4 Å². The minimum absolute atomic E-state index is 0.0328. The first-order chi connectivity index (χ1) is 9.71. The van der Waals surface area contributed by atoms with E-state index in [0.717, 1.165) is 5.01 Å². The van der Waals surface area contributed by atoms with Crippen LogP contribution in [0.5, 0.6) is 0 Å². The van der Waals surface area contributed by atoms with Crippen LogP contribution >= 0.6 is 11.3 Å². The third-order valence-corrected chi connectivity index (χ3v) is 4.88. The third-order valence-electron chi connectivity index (χ3n) is 3.31. The van der Waals surface area contributed by atoms with Crippen LogP contribution in [0.3, 0.4) is 0 Å². The third kappa shape index (κ3) is 3.24. The Morgan fingerprint density at radius 3 is 2.62 bits per heavy atom. The highest BCUT2D eigenvalue weighted by Gasteiger charge is 2.35. The Labute approximate surface area is 127 Å². The highest BCUT2D eigenvalue weighted by atomic mass is 32.1. The number of thiazole rings is 1. The molecule has 1 unspecified atom stereocenters. The van der Waals surface area contributed by atoms with Gasteiger partial charge in [-0.25, -0.2) is 9.78 Å². The van der Waals surface area contributed by atoms with Crippen molar-refractivity contribution >= 4 is 23.2 Å². The molecule has 116 valence electrons. The van der Waals surface area contributed by atoms with Crippen molar-refractivity contribution in [1.82, 2.24) is 9.88 Å². The number of aromatic nitrogens is 1. The van der Waals surface area contributed by atoms with Crippen molar-refractivity contribution in [2.45, 2.75) is 39.2 Å². The van der Waals surface area contributed by atoms with Crippen molar-refractivity contribution in [3.8, 4) is 0 Å². The predicted molar refractivity (Wildman–Crippen MR) is 78.8 cm³/mol. The second-order valence-corrected chi connectivity index (χ2v) is 7.11. The Morgan fingerprint density at radius 2 is 2.10 bits per heavy atom. The number of ether oxygens (including phenoxy) is 1. The van der Waals surface area contributed by atoms with Gasteiger partial charge in [0.25, 0.3) is 5.91 Å². The van der Waals surface area contributed by atoms with Crippen LogP contribution in [0.1, 0.15) is 41.1 Å². The molecule has 2 rings (SSSR count). The molecule has 1 aromatic heterocycles. The minimum atomic E-state index is -1.04. The minimum Gasteiger partial charge on any atom is -0.480 e. The van der Waals surface area contributed by atoms with Gasteiger partial charge >= 0.3 is 5.97 Å².